The molecule has 164 valence electrons. The summed E-state index contributed by atoms with van der Waals surface area (Å²) in [6.07, 6.45) is 1.70. The van der Waals surface area contributed by atoms with E-state index in [1.807, 2.05) is 42.5 Å². The summed E-state index contributed by atoms with van der Waals surface area (Å²) in [5, 5.41) is 1.01. The molecule has 7 nitrogen and oxygen atoms in total. The first kappa shape index (κ1) is 21.4. The molecule has 0 fully saturated rings. The lowest BCUT2D eigenvalue weighted by atomic mass is 9.84. The van der Waals surface area contributed by atoms with E-state index in [0.29, 0.717) is 11.3 Å². The zero-order chi connectivity index (χ0) is 22.7. The Morgan fingerprint density at radius 3 is 2.56 bits per heavy atom. The molecule has 0 amide bonds. The number of carbonyl (C=O) groups excluding carboxylic acids is 2. The Morgan fingerprint density at radius 1 is 1.03 bits per heavy atom. The molecule has 1 atom stereocenters. The number of nitrogens with two attached hydrogens (primary N) is 1. The van der Waals surface area contributed by atoms with Crippen molar-refractivity contribution in [1.29, 1.82) is 0 Å². The van der Waals surface area contributed by atoms with Gasteiger partial charge < -0.3 is 19.9 Å². The van der Waals surface area contributed by atoms with E-state index in [1.54, 1.807) is 26.1 Å². The van der Waals surface area contributed by atoms with Crippen LogP contribution in [0.5, 0.6) is 5.75 Å². The Morgan fingerprint density at radius 2 is 1.78 bits per heavy atom. The van der Waals surface area contributed by atoms with E-state index in [-0.39, 0.29) is 31.1 Å². The summed E-state index contributed by atoms with van der Waals surface area (Å²) in [6, 6.07) is 15.5. The van der Waals surface area contributed by atoms with E-state index in [2.05, 4.69) is 4.98 Å². The molecule has 7 heteroatoms. The Hall–Kier alpha value is -3.87. The molecule has 1 aliphatic rings. The predicted molar refractivity (Wildman–Crippen MR) is 120 cm³/mol. The molecule has 3 aromatic rings. The zero-order valence-electron chi connectivity index (χ0n) is 18.0. The van der Waals surface area contributed by atoms with Crippen molar-refractivity contribution in [3.05, 3.63) is 71.7 Å². The zero-order valence-corrected chi connectivity index (χ0v) is 18.0. The van der Waals surface area contributed by atoms with Crippen LogP contribution >= 0.6 is 0 Å². The van der Waals surface area contributed by atoms with Gasteiger partial charge in [-0.1, -0.05) is 18.2 Å². The molecule has 2 heterocycles. The number of hydrogen-bond donors (Lipinski definition) is 1. The molecule has 0 saturated heterocycles. The molecule has 0 saturated carbocycles. The van der Waals surface area contributed by atoms with Gasteiger partial charge in [0.05, 0.1) is 25.2 Å². The maximum absolute atomic E-state index is 12.7. The van der Waals surface area contributed by atoms with Crippen LogP contribution in [0.1, 0.15) is 31.7 Å². The fraction of sp³-hybridized carbons (Fsp3) is 0.240. The summed E-state index contributed by atoms with van der Waals surface area (Å²) in [6.45, 7) is 3.87. The average Bonchev–Trinajstić information content (AvgIpc) is 2.79. The molecule has 1 aliphatic heterocycles. The third-order valence-electron chi connectivity index (χ3n) is 5.33. The second-order valence-electron chi connectivity index (χ2n) is 7.33. The third kappa shape index (κ3) is 4.14. The van der Waals surface area contributed by atoms with Gasteiger partial charge in [0.1, 0.15) is 11.3 Å². The Balaban J connectivity index is 1.79. The number of esters is 2. The van der Waals surface area contributed by atoms with E-state index >= 15 is 0 Å². The van der Waals surface area contributed by atoms with Crippen LogP contribution in [0.15, 0.2) is 66.2 Å². The van der Waals surface area contributed by atoms with E-state index in [9.17, 15) is 9.59 Å². The third-order valence-corrected chi connectivity index (χ3v) is 5.33. The summed E-state index contributed by atoms with van der Waals surface area (Å²) in [4.78, 5) is 29.4. The van der Waals surface area contributed by atoms with Gasteiger partial charge in [-0.15, -0.1) is 0 Å². The van der Waals surface area contributed by atoms with Crippen molar-refractivity contribution < 1.29 is 23.8 Å². The number of hydrogen-bond acceptors (Lipinski definition) is 7. The standard InChI is InChI=1S/C25H24N2O5/c1-3-30-22(28)14-19-18-13-16(15-7-9-20-17(12-15)6-5-11-27-20)8-10-21(18)32-24(26)23(19)25(29)31-4-2/h5-13,19H,3-4,14,26H2,1-2H3. The second kappa shape index (κ2) is 9.09. The first-order valence-corrected chi connectivity index (χ1v) is 10.5. The number of pyridine rings is 1. The first-order chi connectivity index (χ1) is 15.5. The minimum Gasteiger partial charge on any atom is -0.466 e. The quantitative estimate of drug-likeness (QED) is 0.586. The molecule has 32 heavy (non-hydrogen) atoms. The highest BCUT2D eigenvalue weighted by molar-refractivity contribution is 5.93. The van der Waals surface area contributed by atoms with Crippen molar-refractivity contribution in [1.82, 2.24) is 4.98 Å². The van der Waals surface area contributed by atoms with Gasteiger partial charge in [0, 0.05) is 23.1 Å². The van der Waals surface area contributed by atoms with Gasteiger partial charge in [-0.05, 0) is 55.3 Å². The highest BCUT2D eigenvalue weighted by atomic mass is 16.5. The van der Waals surface area contributed by atoms with Crippen LogP contribution in [0.4, 0.5) is 0 Å². The van der Waals surface area contributed by atoms with Crippen LogP contribution < -0.4 is 10.5 Å². The molecular formula is C25H24N2O5. The van der Waals surface area contributed by atoms with Crippen molar-refractivity contribution in [2.24, 2.45) is 5.73 Å². The van der Waals surface area contributed by atoms with E-state index in [4.69, 9.17) is 19.9 Å². The molecule has 1 aromatic heterocycles. The number of aromatic nitrogens is 1. The van der Waals surface area contributed by atoms with Crippen molar-refractivity contribution in [3.8, 4) is 16.9 Å². The summed E-state index contributed by atoms with van der Waals surface area (Å²) in [5.74, 6) is -1.24. The largest absolute Gasteiger partial charge is 0.466 e. The molecule has 1 unspecified atom stereocenters. The number of carbonyl (C=O) groups is 2. The second-order valence-corrected chi connectivity index (χ2v) is 7.33. The number of rotatable bonds is 6. The highest BCUT2D eigenvalue weighted by Gasteiger charge is 2.36. The molecule has 0 aliphatic carbocycles. The number of ether oxygens (including phenoxy) is 3. The fourth-order valence-electron chi connectivity index (χ4n) is 3.90. The molecule has 2 aromatic carbocycles. The van der Waals surface area contributed by atoms with E-state index < -0.39 is 17.9 Å². The molecule has 0 spiro atoms. The van der Waals surface area contributed by atoms with Gasteiger partial charge in [0.25, 0.3) is 0 Å². The summed E-state index contributed by atoms with van der Waals surface area (Å²) in [5.41, 5.74) is 9.67. The Bertz CT molecular complexity index is 1220. The van der Waals surface area contributed by atoms with Crippen molar-refractivity contribution in [2.75, 3.05) is 13.2 Å². The van der Waals surface area contributed by atoms with Gasteiger partial charge in [-0.2, -0.15) is 0 Å². The number of nitrogens with zero attached hydrogens (tertiary/aromatic N) is 1. The van der Waals surface area contributed by atoms with Crippen molar-refractivity contribution >= 4 is 22.8 Å². The molecule has 0 bridgehead atoms. The van der Waals surface area contributed by atoms with Crippen LogP contribution in [0, 0.1) is 0 Å². The number of fused-ring (bicyclic) bond motifs is 2. The SMILES string of the molecule is CCOC(=O)CC1C(C(=O)OCC)=C(N)Oc2ccc(-c3ccc4ncccc4c3)cc21. The van der Waals surface area contributed by atoms with Crippen molar-refractivity contribution in [3.63, 3.8) is 0 Å². The van der Waals surface area contributed by atoms with Gasteiger partial charge in [-0.25, -0.2) is 4.79 Å². The topological polar surface area (TPSA) is 101 Å². The highest BCUT2D eigenvalue weighted by Crippen LogP contribution is 2.42. The van der Waals surface area contributed by atoms with Crippen LogP contribution in [0.25, 0.3) is 22.0 Å². The monoisotopic (exact) mass is 432 g/mol. The Labute approximate surface area is 185 Å². The lowest BCUT2D eigenvalue weighted by Crippen LogP contribution is -2.28. The molecular weight excluding hydrogens is 408 g/mol. The van der Waals surface area contributed by atoms with Gasteiger partial charge in [0.2, 0.25) is 5.88 Å². The minimum absolute atomic E-state index is 0.0514. The predicted octanol–water partition coefficient (Wildman–Crippen LogP) is 4.06. The van der Waals surface area contributed by atoms with Crippen LogP contribution in [-0.4, -0.2) is 30.1 Å². The fourth-order valence-corrected chi connectivity index (χ4v) is 3.90. The van der Waals surface area contributed by atoms with Gasteiger partial charge in [-0.3, -0.25) is 9.78 Å². The average molecular weight is 432 g/mol. The molecule has 2 N–H and O–H groups in total. The van der Waals surface area contributed by atoms with E-state index in [1.165, 1.54) is 0 Å². The van der Waals surface area contributed by atoms with E-state index in [0.717, 1.165) is 22.0 Å². The van der Waals surface area contributed by atoms with Gasteiger partial charge in [0.15, 0.2) is 0 Å². The summed E-state index contributed by atoms with van der Waals surface area (Å²) in [7, 11) is 0. The minimum atomic E-state index is -0.640. The van der Waals surface area contributed by atoms with Crippen LogP contribution in [0.3, 0.4) is 0 Å². The normalized spacial score (nSPS) is 15.1. The van der Waals surface area contributed by atoms with Crippen LogP contribution in [-0.2, 0) is 19.1 Å². The van der Waals surface area contributed by atoms with Crippen molar-refractivity contribution in [2.45, 2.75) is 26.2 Å². The lowest BCUT2D eigenvalue weighted by molar-refractivity contribution is -0.143. The van der Waals surface area contributed by atoms with Crippen LogP contribution in [0.2, 0.25) is 0 Å². The summed E-state index contributed by atoms with van der Waals surface area (Å²) < 4.78 is 16.1. The molecule has 4 rings (SSSR count). The maximum atomic E-state index is 12.7. The first-order valence-electron chi connectivity index (χ1n) is 10.5. The number of benzene rings is 2. The lowest BCUT2D eigenvalue weighted by Gasteiger charge is -2.28. The Kier molecular flexibility index (Phi) is 6.07. The molecule has 0 radical (unpaired) electrons. The summed E-state index contributed by atoms with van der Waals surface area (Å²) >= 11 is 0. The smallest absolute Gasteiger partial charge is 0.340 e. The maximum Gasteiger partial charge on any atom is 0.340 e. The van der Waals surface area contributed by atoms with Gasteiger partial charge >= 0.3 is 11.9 Å².